The van der Waals surface area contributed by atoms with Gasteiger partial charge in [-0.3, -0.25) is 10.0 Å². The molecule has 0 aliphatic heterocycles. The molecule has 3 rings (SSSR count). The minimum atomic E-state index is -3.37. The predicted molar refractivity (Wildman–Crippen MR) is 111 cm³/mol. The Morgan fingerprint density at radius 2 is 1.90 bits per heavy atom. The highest BCUT2D eigenvalue weighted by Gasteiger charge is 2.35. The second kappa shape index (κ2) is 9.67. The van der Waals surface area contributed by atoms with Crippen LogP contribution in [0.5, 0.6) is 5.75 Å². The van der Waals surface area contributed by atoms with Crippen LogP contribution >= 0.6 is 11.3 Å². The third-order valence-electron chi connectivity index (χ3n) is 4.81. The van der Waals surface area contributed by atoms with Gasteiger partial charge in [0.05, 0.1) is 30.7 Å². The standard InChI is InChI=1S/C22H22F3NO4S/c1-29-13-16-17(30-2)11-18-15(21(16)23)10-19(31-18)22(24,25)9-8-20(27)26(28)12-14-6-4-3-5-7-14/h3-7,10-11,28H,8-9,12-13H2,1-2H3. The van der Waals surface area contributed by atoms with E-state index in [0.29, 0.717) is 15.3 Å². The van der Waals surface area contributed by atoms with Crippen LogP contribution in [-0.2, 0) is 28.6 Å². The van der Waals surface area contributed by atoms with Crippen molar-refractivity contribution in [1.82, 2.24) is 5.06 Å². The summed E-state index contributed by atoms with van der Waals surface area (Å²) in [5.41, 5.74) is 0.822. The lowest BCUT2D eigenvalue weighted by molar-refractivity contribution is -0.169. The van der Waals surface area contributed by atoms with E-state index in [0.717, 1.165) is 17.4 Å². The molecule has 9 heteroatoms. The summed E-state index contributed by atoms with van der Waals surface area (Å²) in [4.78, 5) is 11.7. The van der Waals surface area contributed by atoms with Gasteiger partial charge in [-0.2, -0.15) is 0 Å². The Morgan fingerprint density at radius 1 is 1.19 bits per heavy atom. The Balaban J connectivity index is 1.75. The molecule has 1 aromatic heterocycles. The monoisotopic (exact) mass is 453 g/mol. The molecule has 0 bridgehead atoms. The summed E-state index contributed by atoms with van der Waals surface area (Å²) >= 11 is 0.739. The van der Waals surface area contributed by atoms with Crippen molar-refractivity contribution >= 4 is 27.3 Å². The number of halogens is 3. The topological polar surface area (TPSA) is 59.0 Å². The molecule has 0 aliphatic rings. The molecule has 0 radical (unpaired) electrons. The molecule has 0 fully saturated rings. The van der Waals surface area contributed by atoms with Gasteiger partial charge in [0.2, 0.25) is 5.91 Å². The molecule has 0 spiro atoms. The summed E-state index contributed by atoms with van der Waals surface area (Å²) in [6.07, 6.45) is -1.38. The summed E-state index contributed by atoms with van der Waals surface area (Å²) in [6.45, 7) is -0.157. The molecular formula is C22H22F3NO4S. The summed E-state index contributed by atoms with van der Waals surface area (Å²) < 4.78 is 54.9. The van der Waals surface area contributed by atoms with E-state index in [-0.39, 0.29) is 34.7 Å². The highest BCUT2D eigenvalue weighted by Crippen LogP contribution is 2.43. The zero-order chi connectivity index (χ0) is 22.6. The smallest absolute Gasteiger partial charge is 0.282 e. The van der Waals surface area contributed by atoms with Gasteiger partial charge in [-0.05, 0) is 17.7 Å². The number of rotatable bonds is 9. The molecule has 3 aromatic rings. The van der Waals surface area contributed by atoms with Crippen molar-refractivity contribution in [3.05, 3.63) is 64.3 Å². The SMILES string of the molecule is COCc1c(OC)cc2sc(C(F)(F)CCC(=O)N(O)Cc3ccccc3)cc2c1F. The first-order valence-corrected chi connectivity index (χ1v) is 10.3. The van der Waals surface area contributed by atoms with E-state index in [2.05, 4.69) is 0 Å². The molecule has 0 aliphatic carbocycles. The fraction of sp³-hybridized carbons (Fsp3) is 0.318. The van der Waals surface area contributed by atoms with Crippen LogP contribution in [-0.4, -0.2) is 30.4 Å². The largest absolute Gasteiger partial charge is 0.496 e. The normalized spacial score (nSPS) is 11.7. The number of ether oxygens (including phenoxy) is 2. The Hall–Kier alpha value is -2.62. The lowest BCUT2D eigenvalue weighted by atomic mass is 10.1. The van der Waals surface area contributed by atoms with Gasteiger partial charge in [0.15, 0.2) is 0 Å². The van der Waals surface area contributed by atoms with Crippen molar-refractivity contribution in [3.63, 3.8) is 0 Å². The number of hydrogen-bond acceptors (Lipinski definition) is 5. The maximum absolute atomic E-state index is 14.8. The number of methoxy groups -OCH3 is 2. The lowest BCUT2D eigenvalue weighted by Crippen LogP contribution is -2.28. The van der Waals surface area contributed by atoms with Gasteiger partial charge in [0, 0.05) is 30.0 Å². The highest BCUT2D eigenvalue weighted by molar-refractivity contribution is 7.19. The Bertz CT molecular complexity index is 1060. The third kappa shape index (κ3) is 5.17. The van der Waals surface area contributed by atoms with E-state index < -0.39 is 30.5 Å². The van der Waals surface area contributed by atoms with E-state index in [1.807, 2.05) is 0 Å². The Labute approximate surface area is 181 Å². The molecule has 2 aromatic carbocycles. The zero-order valence-corrected chi connectivity index (χ0v) is 17.8. The maximum atomic E-state index is 14.8. The van der Waals surface area contributed by atoms with E-state index >= 15 is 0 Å². The van der Waals surface area contributed by atoms with Crippen LogP contribution in [0.4, 0.5) is 13.2 Å². The van der Waals surface area contributed by atoms with Crippen LogP contribution in [0.25, 0.3) is 10.1 Å². The van der Waals surface area contributed by atoms with Crippen molar-refractivity contribution in [1.29, 1.82) is 0 Å². The van der Waals surface area contributed by atoms with E-state index in [1.54, 1.807) is 30.3 Å². The number of carbonyl (C=O) groups excluding carboxylic acids is 1. The number of carbonyl (C=O) groups is 1. The summed E-state index contributed by atoms with van der Waals surface area (Å²) in [6, 6.07) is 11.3. The predicted octanol–water partition coefficient (Wildman–Crippen LogP) is 5.49. The van der Waals surface area contributed by atoms with Gasteiger partial charge < -0.3 is 9.47 Å². The quantitative estimate of drug-likeness (QED) is 0.344. The van der Waals surface area contributed by atoms with Gasteiger partial charge in [0.25, 0.3) is 5.92 Å². The van der Waals surface area contributed by atoms with E-state index in [9.17, 15) is 23.2 Å². The number of amides is 1. The lowest BCUT2D eigenvalue weighted by Gasteiger charge is -2.18. The number of nitrogens with zero attached hydrogens (tertiary/aromatic N) is 1. The third-order valence-corrected chi connectivity index (χ3v) is 6.00. The highest BCUT2D eigenvalue weighted by atomic mass is 32.1. The number of thiophene rings is 1. The minimum Gasteiger partial charge on any atom is -0.496 e. The van der Waals surface area contributed by atoms with Crippen molar-refractivity contribution < 1.29 is 32.6 Å². The van der Waals surface area contributed by atoms with E-state index in [4.69, 9.17) is 9.47 Å². The molecular weight excluding hydrogens is 431 g/mol. The van der Waals surface area contributed by atoms with Gasteiger partial charge in [-0.25, -0.2) is 18.2 Å². The average molecular weight is 453 g/mol. The number of alkyl halides is 2. The summed E-state index contributed by atoms with van der Waals surface area (Å²) in [5, 5.41) is 10.4. The maximum Gasteiger partial charge on any atom is 0.282 e. The van der Waals surface area contributed by atoms with Crippen molar-refractivity contribution in [3.8, 4) is 5.75 Å². The first-order chi connectivity index (χ1) is 14.8. The molecule has 1 amide bonds. The molecule has 0 saturated carbocycles. The van der Waals surface area contributed by atoms with Crippen LogP contribution < -0.4 is 4.74 Å². The molecule has 1 heterocycles. The number of benzene rings is 2. The number of fused-ring (bicyclic) bond motifs is 1. The molecule has 31 heavy (non-hydrogen) atoms. The summed E-state index contributed by atoms with van der Waals surface area (Å²) in [5.74, 6) is -4.64. The van der Waals surface area contributed by atoms with Gasteiger partial charge in [-0.15, -0.1) is 11.3 Å². The molecule has 0 saturated heterocycles. The summed E-state index contributed by atoms with van der Waals surface area (Å²) in [7, 11) is 2.76. The minimum absolute atomic E-state index is 0.0479. The van der Waals surface area contributed by atoms with Crippen LogP contribution in [0.2, 0.25) is 0 Å². The zero-order valence-electron chi connectivity index (χ0n) is 17.0. The van der Waals surface area contributed by atoms with Crippen LogP contribution in [0.15, 0.2) is 42.5 Å². The van der Waals surface area contributed by atoms with Gasteiger partial charge >= 0.3 is 0 Å². The second-order valence-electron chi connectivity index (χ2n) is 6.97. The first-order valence-electron chi connectivity index (χ1n) is 9.46. The fourth-order valence-corrected chi connectivity index (χ4v) is 4.25. The molecule has 166 valence electrons. The number of hydroxylamine groups is 2. The fourth-order valence-electron chi connectivity index (χ4n) is 3.16. The van der Waals surface area contributed by atoms with E-state index in [1.165, 1.54) is 20.3 Å². The molecule has 0 atom stereocenters. The van der Waals surface area contributed by atoms with Crippen LogP contribution in [0.1, 0.15) is 28.8 Å². The Kier molecular flexibility index (Phi) is 7.19. The average Bonchev–Trinajstić information content (AvgIpc) is 3.20. The number of hydrogen-bond donors (Lipinski definition) is 1. The molecule has 1 N–H and O–H groups in total. The van der Waals surface area contributed by atoms with Gasteiger partial charge in [0.1, 0.15) is 11.6 Å². The van der Waals surface area contributed by atoms with Crippen LogP contribution in [0.3, 0.4) is 0 Å². The molecule has 0 unspecified atom stereocenters. The van der Waals surface area contributed by atoms with Crippen molar-refractivity contribution in [2.45, 2.75) is 31.9 Å². The first kappa shape index (κ1) is 23.1. The Morgan fingerprint density at radius 3 is 2.55 bits per heavy atom. The second-order valence-corrected chi connectivity index (χ2v) is 8.05. The van der Waals surface area contributed by atoms with Gasteiger partial charge in [-0.1, -0.05) is 30.3 Å². The van der Waals surface area contributed by atoms with Crippen LogP contribution in [0, 0.1) is 5.82 Å². The molecule has 5 nitrogen and oxygen atoms in total. The van der Waals surface area contributed by atoms with Crippen molar-refractivity contribution in [2.75, 3.05) is 14.2 Å². The van der Waals surface area contributed by atoms with Crippen molar-refractivity contribution in [2.24, 2.45) is 0 Å².